The molecule has 2 heterocycles. The van der Waals surface area contributed by atoms with E-state index in [1.807, 2.05) is 6.08 Å². The number of aliphatic hydroxyl groups is 11. The number of allylic oxidation sites excluding steroid dienone is 5. The van der Waals surface area contributed by atoms with Crippen molar-refractivity contribution >= 4 is 19.8 Å². The molecule has 12 N–H and O–H groups in total. The summed E-state index contributed by atoms with van der Waals surface area (Å²) in [5.41, 5.74) is 0. The highest BCUT2D eigenvalue weighted by Crippen LogP contribution is 2.49. The first-order valence-corrected chi connectivity index (χ1v) is 30.9. The lowest BCUT2D eigenvalue weighted by molar-refractivity contribution is -0.360. The zero-order valence-electron chi connectivity index (χ0n) is 47.1. The Bertz CT molecular complexity index is 1740. The van der Waals surface area contributed by atoms with E-state index in [9.17, 15) is 75.2 Å². The molecule has 466 valence electrons. The van der Waals surface area contributed by atoms with Crippen LogP contribution in [0.25, 0.3) is 0 Å². The third kappa shape index (κ3) is 26.3. The third-order valence-electron chi connectivity index (χ3n) is 14.5. The molecule has 16 atom stereocenters. The van der Waals surface area contributed by atoms with Crippen molar-refractivity contribution in [3.8, 4) is 0 Å². The third-order valence-corrected chi connectivity index (χ3v) is 15.5. The van der Waals surface area contributed by atoms with Crippen molar-refractivity contribution in [1.29, 1.82) is 0 Å². The van der Waals surface area contributed by atoms with Gasteiger partial charge in [0, 0.05) is 12.5 Å². The van der Waals surface area contributed by atoms with E-state index in [-0.39, 0.29) is 6.42 Å². The van der Waals surface area contributed by atoms with Crippen LogP contribution in [0.5, 0.6) is 0 Å². The van der Waals surface area contributed by atoms with Crippen molar-refractivity contribution in [2.24, 2.45) is 0 Å². The molecule has 3 fully saturated rings. The highest BCUT2D eigenvalue weighted by atomic mass is 31.2. The van der Waals surface area contributed by atoms with Gasteiger partial charge in [0.25, 0.3) is 0 Å². The number of phosphoric acid groups is 1. The SMILES string of the molecule is CCCCCCCCCC=CCCCCCC(=O)OCC(COP(=O)(O)OC1C(OC2OC(CO)C(O)C(O)C2O)C(O)C(O)C(O)C1OC1OC(CO)C(O)C(O)C1O)OC(=O)C=CC=CCCCCCCCCCCCCC. The molecule has 3 rings (SSSR count). The lowest BCUT2D eigenvalue weighted by Crippen LogP contribution is -2.69. The first kappa shape index (κ1) is 71.9. The van der Waals surface area contributed by atoms with Crippen LogP contribution in [0, 0.1) is 0 Å². The summed E-state index contributed by atoms with van der Waals surface area (Å²) in [5.74, 6) is -1.61. The monoisotopic (exact) mass is 1170 g/mol. The molecule has 23 nitrogen and oxygen atoms in total. The van der Waals surface area contributed by atoms with E-state index >= 15 is 0 Å². The quantitative estimate of drug-likeness (QED) is 0.0103. The van der Waals surface area contributed by atoms with Gasteiger partial charge in [-0.2, -0.15) is 0 Å². The van der Waals surface area contributed by atoms with Crippen molar-refractivity contribution in [3.05, 3.63) is 36.5 Å². The van der Waals surface area contributed by atoms with Crippen LogP contribution >= 0.6 is 7.82 Å². The van der Waals surface area contributed by atoms with Crippen LogP contribution in [0.3, 0.4) is 0 Å². The molecule has 0 radical (unpaired) electrons. The molecular formula is C56H99O23P. The minimum absolute atomic E-state index is 0.0124. The number of hydrogen-bond donors (Lipinski definition) is 12. The molecule has 2 aliphatic heterocycles. The summed E-state index contributed by atoms with van der Waals surface area (Å²) in [7, 11) is -5.66. The second-order valence-electron chi connectivity index (χ2n) is 21.2. The molecule has 0 aromatic rings. The van der Waals surface area contributed by atoms with E-state index in [1.165, 1.54) is 96.0 Å². The van der Waals surface area contributed by atoms with Gasteiger partial charge in [0.05, 0.1) is 19.8 Å². The van der Waals surface area contributed by atoms with E-state index in [4.69, 9.17) is 37.5 Å². The van der Waals surface area contributed by atoms with Gasteiger partial charge < -0.3 is 89.5 Å². The summed E-state index contributed by atoms with van der Waals surface area (Å²) >= 11 is 0. The number of ether oxygens (including phenoxy) is 6. The van der Waals surface area contributed by atoms with Crippen LogP contribution in [0.1, 0.15) is 174 Å². The first-order chi connectivity index (χ1) is 38.4. The molecule has 0 amide bonds. The standard InChI is InChI=1S/C56H99O23P/c1-3-5-7-9-11-13-15-17-19-21-23-25-27-29-31-33-42(60)74-38(36-72-41(59)32-30-28-26-24-22-20-18-16-14-12-10-8-6-4-2)37-73-80(70,71)79-54-52(77-55-50(68)45(63)43(61)39(34-57)75-55)48(66)47(65)49(67)53(54)78-56-51(69)46(64)44(62)40(35-58)76-56/h20,22,27,29,31,33,38-40,43-58,61-69H,3-19,21,23-26,28,30,32,34-37H2,1-2H3,(H,70,71). The fraction of sp³-hybridized carbons (Fsp3) is 0.857. The van der Waals surface area contributed by atoms with Gasteiger partial charge in [-0.05, 0) is 44.9 Å². The minimum atomic E-state index is -5.66. The first-order valence-electron chi connectivity index (χ1n) is 29.4. The molecule has 1 aliphatic carbocycles. The topological polar surface area (TPSA) is 368 Å². The molecular weight excluding hydrogens is 1070 g/mol. The van der Waals surface area contributed by atoms with Crippen LogP contribution in [0.4, 0.5) is 0 Å². The Morgan fingerprint density at radius 3 is 1.36 bits per heavy atom. The van der Waals surface area contributed by atoms with Crippen LogP contribution in [-0.2, 0) is 51.6 Å². The van der Waals surface area contributed by atoms with Crippen molar-refractivity contribution < 1.29 is 113 Å². The predicted octanol–water partition coefficient (Wildman–Crippen LogP) is 3.87. The van der Waals surface area contributed by atoms with Gasteiger partial charge in [0.1, 0.15) is 92.1 Å². The summed E-state index contributed by atoms with van der Waals surface area (Å²) in [6, 6.07) is 0. The van der Waals surface area contributed by atoms with Crippen LogP contribution < -0.4 is 0 Å². The highest BCUT2D eigenvalue weighted by Gasteiger charge is 2.58. The lowest BCUT2D eigenvalue weighted by Gasteiger charge is -2.49. The minimum Gasteiger partial charge on any atom is -0.462 e. The van der Waals surface area contributed by atoms with Crippen molar-refractivity contribution in [2.75, 3.05) is 26.4 Å². The maximum atomic E-state index is 14.0. The smallest absolute Gasteiger partial charge is 0.462 e. The number of hydrogen-bond acceptors (Lipinski definition) is 22. The van der Waals surface area contributed by atoms with E-state index in [0.29, 0.717) is 6.42 Å². The second kappa shape index (κ2) is 40.8. The van der Waals surface area contributed by atoms with E-state index in [1.54, 1.807) is 6.08 Å². The molecule has 0 aromatic heterocycles. The van der Waals surface area contributed by atoms with Crippen molar-refractivity contribution in [3.63, 3.8) is 0 Å². The normalized spacial score (nSPS) is 31.5. The Morgan fingerprint density at radius 1 is 0.500 bits per heavy atom. The zero-order chi connectivity index (χ0) is 58.9. The number of phosphoric ester groups is 1. The maximum absolute atomic E-state index is 14.0. The van der Waals surface area contributed by atoms with Gasteiger partial charge in [-0.3, -0.25) is 13.8 Å². The Hall–Kier alpha value is -2.33. The largest absolute Gasteiger partial charge is 0.472 e. The van der Waals surface area contributed by atoms with E-state index in [2.05, 4.69) is 26.0 Å². The van der Waals surface area contributed by atoms with Crippen LogP contribution in [-0.4, -0.2) is 204 Å². The van der Waals surface area contributed by atoms with Gasteiger partial charge in [-0.25, -0.2) is 9.36 Å². The summed E-state index contributed by atoms with van der Waals surface area (Å²) < 4.78 is 57.8. The Kier molecular flexibility index (Phi) is 36.7. The lowest BCUT2D eigenvalue weighted by atomic mass is 9.84. The Labute approximate surface area is 472 Å². The highest BCUT2D eigenvalue weighted by molar-refractivity contribution is 7.47. The molecule has 0 aromatic carbocycles. The van der Waals surface area contributed by atoms with Crippen molar-refractivity contribution in [2.45, 2.75) is 279 Å². The van der Waals surface area contributed by atoms with Gasteiger partial charge in [0.2, 0.25) is 0 Å². The average Bonchev–Trinajstić information content (AvgIpc) is 3.52. The molecule has 0 spiro atoms. The Morgan fingerprint density at radius 2 is 0.912 bits per heavy atom. The molecule has 80 heavy (non-hydrogen) atoms. The summed E-state index contributed by atoms with van der Waals surface area (Å²) in [4.78, 5) is 37.3. The molecule has 0 bridgehead atoms. The average molecular weight is 1170 g/mol. The van der Waals surface area contributed by atoms with Crippen molar-refractivity contribution in [1.82, 2.24) is 0 Å². The fourth-order valence-electron chi connectivity index (χ4n) is 9.61. The zero-order valence-corrected chi connectivity index (χ0v) is 48.0. The summed E-state index contributed by atoms with van der Waals surface area (Å²) in [6.07, 6.45) is 2.03. The number of carbonyl (C=O) groups excluding carboxylic acids is 2. The fourth-order valence-corrected chi connectivity index (χ4v) is 10.6. The van der Waals surface area contributed by atoms with Gasteiger partial charge in [-0.15, -0.1) is 0 Å². The van der Waals surface area contributed by atoms with Gasteiger partial charge >= 0.3 is 19.8 Å². The summed E-state index contributed by atoms with van der Waals surface area (Å²) in [6.45, 7) is 0.871. The van der Waals surface area contributed by atoms with E-state index in [0.717, 1.165) is 63.9 Å². The maximum Gasteiger partial charge on any atom is 0.472 e. The van der Waals surface area contributed by atoms with Gasteiger partial charge in [0.15, 0.2) is 18.7 Å². The van der Waals surface area contributed by atoms with E-state index < -0.39 is 150 Å². The number of carbonyl (C=O) groups is 2. The molecule has 3 aliphatic rings. The second-order valence-corrected chi connectivity index (χ2v) is 22.6. The number of rotatable bonds is 42. The van der Waals surface area contributed by atoms with Crippen LogP contribution in [0.15, 0.2) is 36.5 Å². The number of unbranched alkanes of at least 4 members (excludes halogenated alkanes) is 21. The summed E-state index contributed by atoms with van der Waals surface area (Å²) in [5, 5.41) is 117. The van der Waals surface area contributed by atoms with Gasteiger partial charge in [-0.1, -0.05) is 153 Å². The molecule has 2 saturated heterocycles. The number of aliphatic hydroxyl groups excluding tert-OH is 11. The number of esters is 2. The molecule has 1 saturated carbocycles. The predicted molar refractivity (Wildman–Crippen MR) is 291 cm³/mol. The molecule has 16 unspecified atom stereocenters. The Balaban J connectivity index is 1.74. The van der Waals surface area contributed by atoms with Crippen LogP contribution in [0.2, 0.25) is 0 Å². The molecule has 24 heteroatoms.